The van der Waals surface area contributed by atoms with Crippen molar-refractivity contribution in [1.29, 1.82) is 0 Å². The fourth-order valence-corrected chi connectivity index (χ4v) is 5.28. The summed E-state index contributed by atoms with van der Waals surface area (Å²) in [5.74, 6) is 1.49. The molecule has 0 spiro atoms. The van der Waals surface area contributed by atoms with Gasteiger partial charge in [0.25, 0.3) is 6.43 Å². The largest absolute Gasteiger partial charge is 0.408 e. The first kappa shape index (κ1) is 30.3. The van der Waals surface area contributed by atoms with Gasteiger partial charge in [0.2, 0.25) is 0 Å². The maximum atomic E-state index is 12.9. The van der Waals surface area contributed by atoms with E-state index in [2.05, 4.69) is 35.8 Å². The summed E-state index contributed by atoms with van der Waals surface area (Å²) in [6, 6.07) is 5.22. The van der Waals surface area contributed by atoms with Crippen LogP contribution in [-0.4, -0.2) is 64.9 Å². The van der Waals surface area contributed by atoms with Crippen LogP contribution in [0.1, 0.15) is 37.8 Å². The summed E-state index contributed by atoms with van der Waals surface area (Å²) in [6.07, 6.45) is 3.46. The molecule has 3 N–H and O–H groups in total. The minimum absolute atomic E-state index is 0.161. The SMILES string of the molecule is Cc1nn(CC(F)(F)F)cc1-c1nccc(Nc2cc(NC3CCC(CCO)CC3)c(-c3ccn(CC(F)F)n3)cn2)n1. The van der Waals surface area contributed by atoms with Crippen LogP contribution in [0.4, 0.5) is 39.3 Å². The number of hydrogen-bond acceptors (Lipinski definition) is 8. The molecule has 5 rings (SSSR count). The Bertz CT molecular complexity index is 1510. The third kappa shape index (κ3) is 8.03. The van der Waals surface area contributed by atoms with Gasteiger partial charge in [-0.3, -0.25) is 9.36 Å². The minimum atomic E-state index is -4.41. The van der Waals surface area contributed by atoms with Crippen LogP contribution in [0.2, 0.25) is 0 Å². The number of aryl methyl sites for hydroxylation is 1. The number of halogens is 5. The van der Waals surface area contributed by atoms with E-state index in [-0.39, 0.29) is 18.5 Å². The molecule has 0 radical (unpaired) electrons. The first-order chi connectivity index (χ1) is 20.6. The van der Waals surface area contributed by atoms with Crippen LogP contribution in [0.25, 0.3) is 22.6 Å². The zero-order chi connectivity index (χ0) is 30.6. The smallest absolute Gasteiger partial charge is 0.396 e. The Hall–Kier alpha value is -4.14. The fraction of sp³-hybridized carbons (Fsp3) is 0.464. The summed E-state index contributed by atoms with van der Waals surface area (Å²) in [5, 5.41) is 24.2. The molecule has 0 amide bonds. The summed E-state index contributed by atoms with van der Waals surface area (Å²) in [5.41, 5.74) is 2.58. The number of nitrogens with zero attached hydrogens (tertiary/aromatic N) is 7. The van der Waals surface area contributed by atoms with Gasteiger partial charge in [-0.05, 0) is 57.1 Å². The highest BCUT2D eigenvalue weighted by Crippen LogP contribution is 2.34. The standard InChI is InChI=1S/C28H32F5N9O/c1-17-21(14-42(39-17)16-28(31,32)33)27-34-9-6-25(38-27)37-26-12-23(36-19-4-2-18(3-5-19)8-11-43)20(13-35-26)22-7-10-41(40-22)15-24(29)30/h6-7,9-10,12-14,18-19,24,43H,2-5,8,11,15-16H2,1H3,(H2,34,35,36,37,38). The number of rotatable bonds is 11. The van der Waals surface area contributed by atoms with Crippen molar-refractivity contribution in [2.45, 2.75) is 70.8 Å². The Balaban J connectivity index is 1.39. The van der Waals surface area contributed by atoms with Crippen molar-refractivity contribution in [2.24, 2.45) is 5.92 Å². The van der Waals surface area contributed by atoms with Crippen molar-refractivity contribution in [3.05, 3.63) is 48.7 Å². The van der Waals surface area contributed by atoms with E-state index < -0.39 is 25.7 Å². The molecule has 0 aromatic carbocycles. The highest BCUT2D eigenvalue weighted by molar-refractivity contribution is 5.78. The number of alkyl halides is 5. The predicted octanol–water partition coefficient (Wildman–Crippen LogP) is 5.83. The lowest BCUT2D eigenvalue weighted by atomic mass is 9.84. The van der Waals surface area contributed by atoms with Gasteiger partial charge in [-0.15, -0.1) is 0 Å². The van der Waals surface area contributed by atoms with Gasteiger partial charge < -0.3 is 15.7 Å². The number of aliphatic hydroxyl groups excluding tert-OH is 1. The predicted molar refractivity (Wildman–Crippen MR) is 150 cm³/mol. The topological polar surface area (TPSA) is 119 Å². The number of pyridine rings is 1. The summed E-state index contributed by atoms with van der Waals surface area (Å²) in [6.45, 7) is 0.0220. The third-order valence-electron chi connectivity index (χ3n) is 7.33. The van der Waals surface area contributed by atoms with Gasteiger partial charge in [-0.1, -0.05) is 0 Å². The molecule has 15 heteroatoms. The molecule has 0 aliphatic heterocycles. The second kappa shape index (κ2) is 13.0. The van der Waals surface area contributed by atoms with Crippen LogP contribution in [-0.2, 0) is 13.1 Å². The first-order valence-electron chi connectivity index (χ1n) is 14.0. The molecule has 10 nitrogen and oxygen atoms in total. The van der Waals surface area contributed by atoms with Crippen LogP contribution >= 0.6 is 0 Å². The summed E-state index contributed by atoms with van der Waals surface area (Å²) in [4.78, 5) is 13.2. The zero-order valence-electron chi connectivity index (χ0n) is 23.4. The monoisotopic (exact) mass is 605 g/mol. The molecule has 1 aliphatic rings. The van der Waals surface area contributed by atoms with Crippen molar-refractivity contribution in [3.63, 3.8) is 0 Å². The lowest BCUT2D eigenvalue weighted by Gasteiger charge is -2.30. The Morgan fingerprint density at radius 2 is 1.81 bits per heavy atom. The number of aromatic nitrogens is 7. The Morgan fingerprint density at radius 1 is 1.02 bits per heavy atom. The fourth-order valence-electron chi connectivity index (χ4n) is 5.28. The zero-order valence-corrected chi connectivity index (χ0v) is 23.4. The van der Waals surface area contributed by atoms with Gasteiger partial charge in [-0.2, -0.15) is 23.4 Å². The summed E-state index contributed by atoms with van der Waals surface area (Å²) in [7, 11) is 0. The third-order valence-corrected chi connectivity index (χ3v) is 7.33. The first-order valence-corrected chi connectivity index (χ1v) is 14.0. The van der Waals surface area contributed by atoms with Gasteiger partial charge in [0, 0.05) is 54.8 Å². The normalized spacial score (nSPS) is 17.4. The van der Waals surface area contributed by atoms with Crippen molar-refractivity contribution in [1.82, 2.24) is 34.5 Å². The molecular weight excluding hydrogens is 573 g/mol. The number of hydrogen-bond donors (Lipinski definition) is 3. The van der Waals surface area contributed by atoms with Crippen LogP contribution in [0.15, 0.2) is 43.0 Å². The van der Waals surface area contributed by atoms with Crippen LogP contribution in [0.5, 0.6) is 0 Å². The highest BCUT2D eigenvalue weighted by Gasteiger charge is 2.29. The highest BCUT2D eigenvalue weighted by atomic mass is 19.4. The van der Waals surface area contributed by atoms with E-state index in [4.69, 9.17) is 0 Å². The average molecular weight is 606 g/mol. The average Bonchev–Trinajstić information content (AvgIpc) is 3.54. The molecule has 1 saturated carbocycles. The molecule has 0 unspecified atom stereocenters. The lowest BCUT2D eigenvalue weighted by molar-refractivity contribution is -0.142. The van der Waals surface area contributed by atoms with Crippen LogP contribution in [0.3, 0.4) is 0 Å². The van der Waals surface area contributed by atoms with E-state index in [1.165, 1.54) is 23.3 Å². The van der Waals surface area contributed by atoms with Crippen molar-refractivity contribution < 1.29 is 27.1 Å². The Labute approximate surface area is 244 Å². The van der Waals surface area contributed by atoms with Gasteiger partial charge in [0.1, 0.15) is 24.7 Å². The molecule has 0 bridgehead atoms. The van der Waals surface area contributed by atoms with Crippen LogP contribution < -0.4 is 10.6 Å². The second-order valence-electron chi connectivity index (χ2n) is 10.6. The molecule has 230 valence electrons. The molecular formula is C28H32F5N9O. The van der Waals surface area contributed by atoms with E-state index >= 15 is 0 Å². The van der Waals surface area contributed by atoms with E-state index in [0.717, 1.165) is 36.8 Å². The van der Waals surface area contributed by atoms with Crippen LogP contribution in [0, 0.1) is 12.8 Å². The molecule has 43 heavy (non-hydrogen) atoms. The molecule has 0 saturated heterocycles. The summed E-state index contributed by atoms with van der Waals surface area (Å²) >= 11 is 0. The van der Waals surface area contributed by atoms with Crippen molar-refractivity contribution in [3.8, 4) is 22.6 Å². The van der Waals surface area contributed by atoms with E-state index in [1.54, 1.807) is 31.3 Å². The quantitative estimate of drug-likeness (QED) is 0.183. The van der Waals surface area contributed by atoms with E-state index in [1.807, 2.05) is 0 Å². The van der Waals surface area contributed by atoms with Crippen molar-refractivity contribution >= 4 is 17.3 Å². The number of aliphatic hydroxyl groups is 1. The lowest BCUT2D eigenvalue weighted by Crippen LogP contribution is -2.26. The Morgan fingerprint density at radius 3 is 2.53 bits per heavy atom. The molecule has 0 atom stereocenters. The van der Waals surface area contributed by atoms with E-state index in [0.29, 0.717) is 45.8 Å². The minimum Gasteiger partial charge on any atom is -0.396 e. The maximum absolute atomic E-state index is 12.9. The molecule has 1 aliphatic carbocycles. The molecule has 1 fully saturated rings. The van der Waals surface area contributed by atoms with Gasteiger partial charge in [0.05, 0.1) is 17.0 Å². The van der Waals surface area contributed by atoms with E-state index in [9.17, 15) is 27.1 Å². The second-order valence-corrected chi connectivity index (χ2v) is 10.6. The molecule has 4 aromatic heterocycles. The molecule has 4 aromatic rings. The van der Waals surface area contributed by atoms with Crippen molar-refractivity contribution in [2.75, 3.05) is 17.2 Å². The van der Waals surface area contributed by atoms with Gasteiger partial charge in [0.15, 0.2) is 5.82 Å². The number of anilines is 3. The van der Waals surface area contributed by atoms with Gasteiger partial charge in [-0.25, -0.2) is 23.7 Å². The maximum Gasteiger partial charge on any atom is 0.408 e. The Kier molecular flexibility index (Phi) is 9.18. The van der Waals surface area contributed by atoms with Gasteiger partial charge >= 0.3 is 6.18 Å². The molecule has 4 heterocycles. The summed E-state index contributed by atoms with van der Waals surface area (Å²) < 4.78 is 66.4. The number of nitrogens with one attached hydrogen (secondary N) is 2.